The van der Waals surface area contributed by atoms with Gasteiger partial charge in [-0.05, 0) is 48.2 Å². The summed E-state index contributed by atoms with van der Waals surface area (Å²) in [6, 6.07) is 9.27. The molecule has 2 aromatic rings. The van der Waals surface area contributed by atoms with Crippen LogP contribution in [0.1, 0.15) is 23.5 Å². The zero-order chi connectivity index (χ0) is 20.8. The van der Waals surface area contributed by atoms with Crippen LogP contribution in [-0.2, 0) is 11.0 Å². The molecule has 1 aliphatic carbocycles. The van der Waals surface area contributed by atoms with Crippen molar-refractivity contribution in [3.63, 3.8) is 0 Å². The quantitative estimate of drug-likeness (QED) is 0.648. The van der Waals surface area contributed by atoms with Crippen LogP contribution in [0, 0.1) is 11.7 Å². The van der Waals surface area contributed by atoms with Gasteiger partial charge >= 0.3 is 6.18 Å². The number of carbonyl (C=O) groups is 1. The van der Waals surface area contributed by atoms with Gasteiger partial charge in [-0.25, -0.2) is 4.39 Å². The lowest BCUT2D eigenvalue weighted by atomic mass is 10.1. The summed E-state index contributed by atoms with van der Waals surface area (Å²) in [6.07, 6.45) is -3.71. The van der Waals surface area contributed by atoms with Gasteiger partial charge in [0, 0.05) is 32.1 Å². The van der Waals surface area contributed by atoms with Gasteiger partial charge in [-0.15, -0.1) is 0 Å². The van der Waals surface area contributed by atoms with Crippen molar-refractivity contribution in [2.45, 2.75) is 18.5 Å². The van der Waals surface area contributed by atoms with Crippen molar-refractivity contribution in [3.8, 4) is 0 Å². The third-order valence-corrected chi connectivity index (χ3v) is 5.93. The van der Waals surface area contributed by atoms with Crippen LogP contribution in [0.15, 0.2) is 42.5 Å². The van der Waals surface area contributed by atoms with Crippen LogP contribution in [0.5, 0.6) is 0 Å². The Labute approximate surface area is 170 Å². The van der Waals surface area contributed by atoms with E-state index in [1.54, 1.807) is 4.90 Å². The molecule has 1 heterocycles. The maximum absolute atomic E-state index is 13.5. The molecule has 4 rings (SSSR count). The van der Waals surface area contributed by atoms with Gasteiger partial charge < -0.3 is 9.80 Å². The summed E-state index contributed by atoms with van der Waals surface area (Å²) in [5.74, 6) is -0.545. The molecule has 0 radical (unpaired) electrons. The first-order valence-corrected chi connectivity index (χ1v) is 9.78. The molecule has 2 aromatic carbocycles. The molecule has 1 saturated heterocycles. The number of piperazine rings is 1. The number of anilines is 1. The van der Waals surface area contributed by atoms with Crippen molar-refractivity contribution < 1.29 is 22.4 Å². The Bertz CT molecular complexity index is 908. The van der Waals surface area contributed by atoms with Gasteiger partial charge in [-0.2, -0.15) is 13.2 Å². The molecule has 2 aliphatic rings. The van der Waals surface area contributed by atoms with Gasteiger partial charge in [0.25, 0.3) is 0 Å². The first-order chi connectivity index (χ1) is 13.7. The Morgan fingerprint density at radius 3 is 2.28 bits per heavy atom. The average Bonchev–Trinajstić information content (AvgIpc) is 3.50. The molecule has 0 N–H and O–H groups in total. The molecule has 0 bridgehead atoms. The summed E-state index contributed by atoms with van der Waals surface area (Å²) in [7, 11) is 0. The number of benzene rings is 2. The normalized spacial score (nSPS) is 22.0. The third kappa shape index (κ3) is 4.20. The van der Waals surface area contributed by atoms with Gasteiger partial charge in [-0.1, -0.05) is 23.7 Å². The van der Waals surface area contributed by atoms with Crippen LogP contribution < -0.4 is 4.90 Å². The minimum absolute atomic E-state index is 0.0273. The standard InChI is InChI=1S/C21H19ClF4N2O/c22-18-6-5-15(23)11-19(18)27-7-9-28(10-8-27)20(29)17-12-16(17)13-1-3-14(4-2-13)21(24,25)26/h1-6,11,16-17H,7-10,12H2/t16-,17-/m0/s1. The van der Waals surface area contributed by atoms with E-state index in [2.05, 4.69) is 0 Å². The number of carbonyl (C=O) groups excluding carboxylic acids is 1. The molecule has 0 aromatic heterocycles. The zero-order valence-corrected chi connectivity index (χ0v) is 16.2. The molecule has 2 atom stereocenters. The van der Waals surface area contributed by atoms with E-state index in [0.29, 0.717) is 43.3 Å². The molecule has 3 nitrogen and oxygen atoms in total. The van der Waals surface area contributed by atoms with E-state index in [1.165, 1.54) is 30.3 Å². The lowest BCUT2D eigenvalue weighted by molar-refractivity contribution is -0.137. The Hall–Kier alpha value is -2.28. The number of nitrogens with zero attached hydrogens (tertiary/aromatic N) is 2. The summed E-state index contributed by atoms with van der Waals surface area (Å²) in [5.41, 5.74) is 0.700. The molecule has 1 saturated carbocycles. The zero-order valence-electron chi connectivity index (χ0n) is 15.4. The van der Waals surface area contributed by atoms with E-state index in [0.717, 1.165) is 17.7 Å². The van der Waals surface area contributed by atoms with Crippen LogP contribution in [0.25, 0.3) is 0 Å². The van der Waals surface area contributed by atoms with Gasteiger partial charge in [0.2, 0.25) is 5.91 Å². The maximum Gasteiger partial charge on any atom is 0.416 e. The van der Waals surface area contributed by atoms with Gasteiger partial charge in [0.1, 0.15) is 5.82 Å². The summed E-state index contributed by atoms with van der Waals surface area (Å²) in [5, 5.41) is 0.468. The highest BCUT2D eigenvalue weighted by Crippen LogP contribution is 2.49. The summed E-state index contributed by atoms with van der Waals surface area (Å²) < 4.78 is 51.6. The van der Waals surface area contributed by atoms with E-state index >= 15 is 0 Å². The maximum atomic E-state index is 13.5. The predicted molar refractivity (Wildman–Crippen MR) is 102 cm³/mol. The number of hydrogen-bond acceptors (Lipinski definition) is 2. The Kier molecular flexibility index (Phi) is 5.19. The van der Waals surface area contributed by atoms with Crippen molar-refractivity contribution >= 4 is 23.2 Å². The van der Waals surface area contributed by atoms with Crippen LogP contribution >= 0.6 is 11.6 Å². The van der Waals surface area contributed by atoms with Crippen molar-refractivity contribution in [2.24, 2.45) is 5.92 Å². The van der Waals surface area contributed by atoms with Crippen molar-refractivity contribution in [3.05, 3.63) is 64.4 Å². The highest BCUT2D eigenvalue weighted by molar-refractivity contribution is 6.33. The fourth-order valence-corrected chi connectivity index (χ4v) is 4.12. The molecule has 29 heavy (non-hydrogen) atoms. The molecular formula is C21H19ClF4N2O. The van der Waals surface area contributed by atoms with E-state index in [-0.39, 0.29) is 23.6 Å². The van der Waals surface area contributed by atoms with E-state index in [1.807, 2.05) is 4.90 Å². The fraction of sp³-hybridized carbons (Fsp3) is 0.381. The van der Waals surface area contributed by atoms with Crippen molar-refractivity contribution in [1.82, 2.24) is 4.90 Å². The Morgan fingerprint density at radius 2 is 1.66 bits per heavy atom. The lowest BCUT2D eigenvalue weighted by Gasteiger charge is -2.36. The van der Waals surface area contributed by atoms with Crippen LogP contribution in [0.2, 0.25) is 5.02 Å². The van der Waals surface area contributed by atoms with Crippen molar-refractivity contribution in [1.29, 1.82) is 0 Å². The van der Waals surface area contributed by atoms with Gasteiger partial charge in [0.15, 0.2) is 0 Å². The first-order valence-electron chi connectivity index (χ1n) is 9.40. The monoisotopic (exact) mass is 426 g/mol. The van der Waals surface area contributed by atoms with Gasteiger partial charge in [-0.3, -0.25) is 4.79 Å². The second kappa shape index (κ2) is 7.52. The van der Waals surface area contributed by atoms with Crippen LogP contribution in [0.3, 0.4) is 0 Å². The lowest BCUT2D eigenvalue weighted by Crippen LogP contribution is -2.49. The minimum atomic E-state index is -4.36. The molecule has 1 aliphatic heterocycles. The second-order valence-electron chi connectivity index (χ2n) is 7.48. The van der Waals surface area contributed by atoms with E-state index in [9.17, 15) is 22.4 Å². The second-order valence-corrected chi connectivity index (χ2v) is 7.88. The number of rotatable bonds is 3. The Balaban J connectivity index is 1.34. The van der Waals surface area contributed by atoms with E-state index < -0.39 is 11.7 Å². The highest BCUT2D eigenvalue weighted by atomic mass is 35.5. The van der Waals surface area contributed by atoms with Gasteiger partial charge in [0.05, 0.1) is 16.3 Å². The smallest absolute Gasteiger partial charge is 0.367 e. The number of hydrogen-bond donors (Lipinski definition) is 0. The molecule has 1 amide bonds. The fourth-order valence-electron chi connectivity index (χ4n) is 3.89. The summed E-state index contributed by atoms with van der Waals surface area (Å²) in [6.45, 7) is 2.10. The minimum Gasteiger partial charge on any atom is -0.367 e. The molecule has 2 fully saturated rings. The molecule has 8 heteroatoms. The third-order valence-electron chi connectivity index (χ3n) is 5.61. The predicted octanol–water partition coefficient (Wildman–Crippen LogP) is 4.95. The SMILES string of the molecule is O=C([C@H]1C[C@H]1c1ccc(C(F)(F)F)cc1)N1CCN(c2cc(F)ccc2Cl)CC1. The highest BCUT2D eigenvalue weighted by Gasteiger charge is 2.46. The summed E-state index contributed by atoms with van der Waals surface area (Å²) in [4.78, 5) is 16.5. The summed E-state index contributed by atoms with van der Waals surface area (Å²) >= 11 is 6.16. The number of halogens is 5. The van der Waals surface area contributed by atoms with Crippen LogP contribution in [-0.4, -0.2) is 37.0 Å². The van der Waals surface area contributed by atoms with Crippen LogP contribution in [0.4, 0.5) is 23.2 Å². The van der Waals surface area contributed by atoms with E-state index in [4.69, 9.17) is 11.6 Å². The Morgan fingerprint density at radius 1 is 1.00 bits per heavy atom. The molecule has 154 valence electrons. The number of amides is 1. The molecule has 0 spiro atoms. The molecule has 0 unspecified atom stereocenters. The largest absolute Gasteiger partial charge is 0.416 e. The van der Waals surface area contributed by atoms with Crippen molar-refractivity contribution in [2.75, 3.05) is 31.1 Å². The molecular weight excluding hydrogens is 408 g/mol. The average molecular weight is 427 g/mol. The first kappa shape index (κ1) is 20.0. The number of alkyl halides is 3. The topological polar surface area (TPSA) is 23.6 Å².